The molecule has 0 aromatic carbocycles. The summed E-state index contributed by atoms with van der Waals surface area (Å²) in [6.45, 7) is 0.910. The van der Waals surface area contributed by atoms with Crippen molar-refractivity contribution in [2.24, 2.45) is 0 Å². The summed E-state index contributed by atoms with van der Waals surface area (Å²) in [7, 11) is 3.90. The minimum Gasteiger partial charge on any atom is -0.360 e. The molecule has 0 amide bonds. The second-order valence-electron chi connectivity index (χ2n) is 6.14. The molecule has 0 spiro atoms. The molecule has 124 valence electrons. The molecule has 3 aromatic rings. The molecular weight excluding hydrogens is 306 g/mol. The fraction of sp³-hybridized carbons (Fsp3) is 0.438. The molecule has 8 nitrogen and oxygen atoms in total. The minimum absolute atomic E-state index is 0.185. The molecule has 1 aliphatic rings. The molecule has 0 bridgehead atoms. The Morgan fingerprint density at radius 3 is 2.71 bits per heavy atom. The quantitative estimate of drug-likeness (QED) is 0.724. The van der Waals surface area contributed by atoms with Crippen molar-refractivity contribution in [3.63, 3.8) is 0 Å². The van der Waals surface area contributed by atoms with Crippen molar-refractivity contribution >= 4 is 22.9 Å². The van der Waals surface area contributed by atoms with Crippen molar-refractivity contribution in [1.29, 1.82) is 0 Å². The van der Waals surface area contributed by atoms with Gasteiger partial charge in [0.1, 0.15) is 0 Å². The Bertz CT molecular complexity index is 833. The zero-order valence-corrected chi connectivity index (χ0v) is 13.8. The highest BCUT2D eigenvalue weighted by atomic mass is 16.6. The van der Waals surface area contributed by atoms with Crippen LogP contribution < -0.4 is 9.80 Å². The van der Waals surface area contributed by atoms with Crippen LogP contribution in [0.2, 0.25) is 0 Å². The van der Waals surface area contributed by atoms with Crippen LogP contribution in [0.1, 0.15) is 31.0 Å². The van der Waals surface area contributed by atoms with Crippen molar-refractivity contribution in [3.05, 3.63) is 30.1 Å². The molecule has 1 saturated heterocycles. The number of hydrogen-bond donors (Lipinski definition) is 0. The van der Waals surface area contributed by atoms with E-state index in [1.54, 1.807) is 0 Å². The van der Waals surface area contributed by atoms with Gasteiger partial charge in [0.15, 0.2) is 11.6 Å². The maximum atomic E-state index is 4.78. The highest BCUT2D eigenvalue weighted by Crippen LogP contribution is 2.37. The van der Waals surface area contributed by atoms with Gasteiger partial charge in [-0.3, -0.25) is 4.98 Å². The average molecular weight is 325 g/mol. The van der Waals surface area contributed by atoms with Crippen LogP contribution in [0.5, 0.6) is 0 Å². The normalized spacial score (nSPS) is 18.1. The van der Waals surface area contributed by atoms with Crippen LogP contribution in [-0.2, 0) is 0 Å². The Morgan fingerprint density at radius 1 is 1.12 bits per heavy atom. The molecule has 4 rings (SSSR count). The second-order valence-corrected chi connectivity index (χ2v) is 6.14. The van der Waals surface area contributed by atoms with Gasteiger partial charge in [-0.1, -0.05) is 6.07 Å². The van der Waals surface area contributed by atoms with Gasteiger partial charge < -0.3 is 9.80 Å². The van der Waals surface area contributed by atoms with E-state index in [1.807, 2.05) is 37.3 Å². The number of fused-ring (bicyclic) bond motifs is 1. The Morgan fingerprint density at radius 2 is 1.96 bits per heavy atom. The molecule has 24 heavy (non-hydrogen) atoms. The number of aromatic nitrogens is 5. The predicted octanol–water partition coefficient (Wildman–Crippen LogP) is 2.21. The van der Waals surface area contributed by atoms with E-state index in [9.17, 15) is 0 Å². The van der Waals surface area contributed by atoms with Gasteiger partial charge in [0.2, 0.25) is 11.3 Å². The lowest BCUT2D eigenvalue weighted by Crippen LogP contribution is -2.36. The average Bonchev–Trinajstić information content (AvgIpc) is 3.09. The summed E-state index contributed by atoms with van der Waals surface area (Å²) in [6.07, 6.45) is 5.18. The lowest BCUT2D eigenvalue weighted by Gasteiger charge is -2.37. The summed E-state index contributed by atoms with van der Waals surface area (Å²) in [5.74, 6) is 1.57. The molecule has 4 heterocycles. The lowest BCUT2D eigenvalue weighted by atomic mass is 9.99. The SMILES string of the molecule is CN(C)c1nc2nonc2nc1N1CCCC[C@H]1c1ccccn1. The third kappa shape index (κ3) is 2.53. The first-order valence-electron chi connectivity index (χ1n) is 8.09. The third-order valence-corrected chi connectivity index (χ3v) is 4.31. The Labute approximate surface area is 139 Å². The first-order chi connectivity index (χ1) is 11.7. The molecule has 0 radical (unpaired) electrons. The highest BCUT2D eigenvalue weighted by Gasteiger charge is 2.29. The van der Waals surface area contributed by atoms with Crippen molar-refractivity contribution in [2.45, 2.75) is 25.3 Å². The van der Waals surface area contributed by atoms with Gasteiger partial charge in [0.05, 0.1) is 11.7 Å². The summed E-state index contributed by atoms with van der Waals surface area (Å²) >= 11 is 0. The van der Waals surface area contributed by atoms with Crippen LogP contribution >= 0.6 is 0 Å². The van der Waals surface area contributed by atoms with Crippen molar-refractivity contribution < 1.29 is 4.63 Å². The van der Waals surface area contributed by atoms with Gasteiger partial charge >= 0.3 is 0 Å². The maximum Gasteiger partial charge on any atom is 0.245 e. The van der Waals surface area contributed by atoms with Gasteiger partial charge in [-0.2, -0.15) is 0 Å². The van der Waals surface area contributed by atoms with Crippen LogP contribution in [0.3, 0.4) is 0 Å². The monoisotopic (exact) mass is 325 g/mol. The van der Waals surface area contributed by atoms with E-state index >= 15 is 0 Å². The molecule has 1 fully saturated rings. The zero-order valence-electron chi connectivity index (χ0n) is 13.8. The molecule has 1 aliphatic heterocycles. The van der Waals surface area contributed by atoms with E-state index in [0.717, 1.165) is 36.7 Å². The van der Waals surface area contributed by atoms with Gasteiger partial charge in [0, 0.05) is 26.8 Å². The summed E-state index contributed by atoms with van der Waals surface area (Å²) in [6, 6.07) is 6.22. The maximum absolute atomic E-state index is 4.78. The van der Waals surface area contributed by atoms with Crippen LogP contribution in [0.15, 0.2) is 29.0 Å². The van der Waals surface area contributed by atoms with Gasteiger partial charge in [0.25, 0.3) is 0 Å². The fourth-order valence-corrected chi connectivity index (χ4v) is 3.18. The zero-order chi connectivity index (χ0) is 16.5. The number of piperidine rings is 1. The van der Waals surface area contributed by atoms with E-state index < -0.39 is 0 Å². The summed E-state index contributed by atoms with van der Waals surface area (Å²) < 4.78 is 4.78. The smallest absolute Gasteiger partial charge is 0.245 e. The standard InChI is InChI=1S/C16H19N7O/c1-22(2)15-16(19-14-13(18-15)20-24-21-14)23-10-6-4-8-12(23)11-7-3-5-9-17-11/h3,5,7,9,12H,4,6,8,10H2,1-2H3/t12-/m0/s1. The van der Waals surface area contributed by atoms with Gasteiger partial charge in [-0.15, -0.1) is 0 Å². The largest absolute Gasteiger partial charge is 0.360 e. The number of pyridine rings is 1. The van der Waals surface area contributed by atoms with Gasteiger partial charge in [-0.05, 0) is 41.7 Å². The topological polar surface area (TPSA) is 84.1 Å². The first kappa shape index (κ1) is 14.8. The minimum atomic E-state index is 0.185. The summed E-state index contributed by atoms with van der Waals surface area (Å²) in [5, 5.41) is 7.66. The van der Waals surface area contributed by atoms with Crippen molar-refractivity contribution in [3.8, 4) is 0 Å². The van der Waals surface area contributed by atoms with E-state index in [-0.39, 0.29) is 6.04 Å². The summed E-state index contributed by atoms with van der Waals surface area (Å²) in [5.41, 5.74) is 1.91. The number of anilines is 2. The van der Waals surface area contributed by atoms with Crippen LogP contribution in [0.25, 0.3) is 11.3 Å². The van der Waals surface area contributed by atoms with E-state index in [2.05, 4.69) is 36.2 Å². The van der Waals surface area contributed by atoms with Crippen LogP contribution in [0.4, 0.5) is 11.6 Å². The number of hydrogen-bond acceptors (Lipinski definition) is 8. The van der Waals surface area contributed by atoms with E-state index in [1.165, 1.54) is 6.42 Å². The predicted molar refractivity (Wildman–Crippen MR) is 89.9 cm³/mol. The molecule has 0 unspecified atom stereocenters. The van der Waals surface area contributed by atoms with Crippen LogP contribution in [-0.4, -0.2) is 45.9 Å². The number of rotatable bonds is 3. The molecular formula is C16H19N7O. The highest BCUT2D eigenvalue weighted by molar-refractivity contribution is 5.74. The summed E-state index contributed by atoms with van der Waals surface area (Å²) in [4.78, 5) is 18.0. The molecule has 3 aromatic heterocycles. The van der Waals surface area contributed by atoms with Gasteiger partial charge in [-0.25, -0.2) is 14.6 Å². The van der Waals surface area contributed by atoms with E-state index in [0.29, 0.717) is 11.3 Å². The second kappa shape index (κ2) is 6.03. The Balaban J connectivity index is 1.82. The molecule has 8 heteroatoms. The molecule has 0 saturated carbocycles. The Kier molecular flexibility index (Phi) is 3.72. The van der Waals surface area contributed by atoms with Crippen molar-refractivity contribution in [2.75, 3.05) is 30.4 Å². The Hall–Kier alpha value is -2.77. The lowest BCUT2D eigenvalue weighted by molar-refractivity contribution is 0.314. The molecule has 1 atom stereocenters. The number of nitrogens with zero attached hydrogens (tertiary/aromatic N) is 7. The third-order valence-electron chi connectivity index (χ3n) is 4.31. The first-order valence-corrected chi connectivity index (χ1v) is 8.09. The molecule has 0 N–H and O–H groups in total. The van der Waals surface area contributed by atoms with Crippen LogP contribution in [0, 0.1) is 0 Å². The van der Waals surface area contributed by atoms with E-state index in [4.69, 9.17) is 4.63 Å². The fourth-order valence-electron chi connectivity index (χ4n) is 3.18. The van der Waals surface area contributed by atoms with Crippen molar-refractivity contribution in [1.82, 2.24) is 25.3 Å². The molecule has 0 aliphatic carbocycles.